The second kappa shape index (κ2) is 5.44. The molecular weight excluding hydrogens is 244 g/mol. The number of hydrogen-bond donors (Lipinski definition) is 0. The highest BCUT2D eigenvalue weighted by molar-refractivity contribution is 6.06. The van der Waals surface area contributed by atoms with Gasteiger partial charge in [0.05, 0.1) is 10.5 Å². The highest BCUT2D eigenvalue weighted by atomic mass is 16.6. The topological polar surface area (TPSA) is 84.0 Å². The van der Waals surface area contributed by atoms with Crippen LogP contribution in [0, 0.1) is 26.9 Å². The molecule has 0 fully saturated rings. The molecule has 0 heterocycles. The lowest BCUT2D eigenvalue weighted by Crippen LogP contribution is -2.21. The van der Waals surface area contributed by atoms with Gasteiger partial charge in [0.2, 0.25) is 0 Å². The summed E-state index contributed by atoms with van der Waals surface area (Å²) in [6.07, 6.45) is 1.44. The highest BCUT2D eigenvalue weighted by Gasteiger charge is 2.24. The van der Waals surface area contributed by atoms with E-state index in [4.69, 9.17) is 5.26 Å². The third-order valence-corrected chi connectivity index (χ3v) is 2.46. The average Bonchev–Trinajstić information content (AvgIpc) is 2.34. The molecule has 0 bridgehead atoms. The summed E-state index contributed by atoms with van der Waals surface area (Å²) in [7, 11) is 0. The minimum absolute atomic E-state index is 0.0298. The number of carbonyl (C=O) groups is 1. The van der Waals surface area contributed by atoms with E-state index in [0.717, 1.165) is 0 Å². The SMILES string of the molecule is CC(C)(C)C(=O)/C(C#N)=C/c1ccc([N+](=O)[O-])cc1. The minimum atomic E-state index is -0.637. The monoisotopic (exact) mass is 258 g/mol. The van der Waals surface area contributed by atoms with Gasteiger partial charge in [0.1, 0.15) is 6.07 Å². The Kier molecular flexibility index (Phi) is 4.18. The first-order valence-electron chi connectivity index (χ1n) is 5.67. The number of non-ortho nitro benzene ring substituents is 1. The number of benzene rings is 1. The second-order valence-corrected chi connectivity index (χ2v) is 5.10. The number of rotatable bonds is 3. The molecule has 0 aliphatic heterocycles. The zero-order chi connectivity index (χ0) is 14.6. The molecule has 0 atom stereocenters. The number of nitro groups is 1. The predicted octanol–water partition coefficient (Wildman–Crippen LogP) is 3.12. The van der Waals surface area contributed by atoms with Gasteiger partial charge < -0.3 is 0 Å². The van der Waals surface area contributed by atoms with E-state index in [-0.39, 0.29) is 17.0 Å². The summed E-state index contributed by atoms with van der Waals surface area (Å²) in [5, 5.41) is 19.5. The molecule has 0 N–H and O–H groups in total. The van der Waals surface area contributed by atoms with Gasteiger partial charge in [-0.3, -0.25) is 14.9 Å². The smallest absolute Gasteiger partial charge is 0.269 e. The van der Waals surface area contributed by atoms with Crippen LogP contribution in [0.3, 0.4) is 0 Å². The normalized spacial score (nSPS) is 11.8. The van der Waals surface area contributed by atoms with Crippen molar-refractivity contribution in [1.29, 1.82) is 5.26 Å². The molecule has 19 heavy (non-hydrogen) atoms. The van der Waals surface area contributed by atoms with Crippen LogP contribution < -0.4 is 0 Å². The lowest BCUT2D eigenvalue weighted by Gasteiger charge is -2.15. The van der Waals surface area contributed by atoms with E-state index in [9.17, 15) is 14.9 Å². The molecule has 0 radical (unpaired) electrons. The summed E-state index contributed by atoms with van der Waals surface area (Å²) in [6.45, 7) is 5.20. The quantitative estimate of drug-likeness (QED) is 0.361. The van der Waals surface area contributed by atoms with E-state index >= 15 is 0 Å². The van der Waals surface area contributed by atoms with Crippen molar-refractivity contribution in [1.82, 2.24) is 0 Å². The molecule has 1 aromatic rings. The molecule has 1 aromatic carbocycles. The first-order chi connectivity index (χ1) is 8.75. The molecule has 0 saturated carbocycles. The van der Waals surface area contributed by atoms with Gasteiger partial charge in [-0.25, -0.2) is 0 Å². The zero-order valence-corrected chi connectivity index (χ0v) is 11.0. The summed E-state index contributed by atoms with van der Waals surface area (Å²) in [4.78, 5) is 22.0. The Labute approximate surface area is 111 Å². The molecule has 0 aliphatic carbocycles. The van der Waals surface area contributed by atoms with Crippen molar-refractivity contribution >= 4 is 17.5 Å². The molecule has 5 nitrogen and oxygen atoms in total. The summed E-state index contributed by atoms with van der Waals surface area (Å²) in [5.41, 5.74) is -0.0404. The summed E-state index contributed by atoms with van der Waals surface area (Å²) >= 11 is 0. The van der Waals surface area contributed by atoms with Crippen molar-refractivity contribution in [3.8, 4) is 6.07 Å². The number of allylic oxidation sites excluding steroid dienone is 1. The minimum Gasteiger partial charge on any atom is -0.293 e. The molecule has 0 amide bonds. The molecule has 0 unspecified atom stereocenters. The van der Waals surface area contributed by atoms with Crippen molar-refractivity contribution in [2.45, 2.75) is 20.8 Å². The maximum atomic E-state index is 12.0. The molecule has 0 saturated heterocycles. The van der Waals surface area contributed by atoms with Crippen LogP contribution >= 0.6 is 0 Å². The predicted molar refractivity (Wildman–Crippen MR) is 71.1 cm³/mol. The fourth-order valence-corrected chi connectivity index (χ4v) is 1.41. The fourth-order valence-electron chi connectivity index (χ4n) is 1.41. The van der Waals surface area contributed by atoms with E-state index in [1.54, 1.807) is 20.8 Å². The second-order valence-electron chi connectivity index (χ2n) is 5.10. The van der Waals surface area contributed by atoms with Gasteiger partial charge >= 0.3 is 0 Å². The Morgan fingerprint density at radius 1 is 1.32 bits per heavy atom. The van der Waals surface area contributed by atoms with Gasteiger partial charge in [-0.15, -0.1) is 0 Å². The first-order valence-corrected chi connectivity index (χ1v) is 5.67. The third kappa shape index (κ3) is 3.75. The standard InChI is InChI=1S/C14H14N2O3/c1-14(2,3)13(17)11(9-15)8-10-4-6-12(7-5-10)16(18)19/h4-8H,1-3H3/b11-8+. The van der Waals surface area contributed by atoms with Crippen LogP contribution in [0.2, 0.25) is 0 Å². The lowest BCUT2D eigenvalue weighted by molar-refractivity contribution is -0.384. The van der Waals surface area contributed by atoms with E-state index < -0.39 is 10.3 Å². The summed E-state index contributed by atoms with van der Waals surface area (Å²) in [6, 6.07) is 7.55. The number of nitrogens with zero attached hydrogens (tertiary/aromatic N) is 2. The van der Waals surface area contributed by atoms with E-state index in [2.05, 4.69) is 0 Å². The van der Waals surface area contributed by atoms with Crippen molar-refractivity contribution in [2.75, 3.05) is 0 Å². The number of nitro benzene ring substituents is 1. The number of Topliss-reactive ketones (excluding diaryl/α,β-unsaturated/α-hetero) is 1. The highest BCUT2D eigenvalue weighted by Crippen LogP contribution is 2.22. The molecule has 0 aliphatic rings. The van der Waals surface area contributed by atoms with Gasteiger partial charge in [-0.1, -0.05) is 20.8 Å². The lowest BCUT2D eigenvalue weighted by atomic mass is 9.86. The summed E-state index contributed by atoms with van der Waals surface area (Å²) < 4.78 is 0. The van der Waals surface area contributed by atoms with Crippen LogP contribution in [-0.4, -0.2) is 10.7 Å². The molecule has 0 aromatic heterocycles. The van der Waals surface area contributed by atoms with Crippen LogP contribution in [-0.2, 0) is 4.79 Å². The van der Waals surface area contributed by atoms with Crippen molar-refractivity contribution in [3.05, 3.63) is 45.5 Å². The Bertz CT molecular complexity index is 572. The largest absolute Gasteiger partial charge is 0.293 e. The molecule has 5 heteroatoms. The Morgan fingerprint density at radius 2 is 1.84 bits per heavy atom. The van der Waals surface area contributed by atoms with Crippen LogP contribution in [0.25, 0.3) is 6.08 Å². The van der Waals surface area contributed by atoms with Crippen LogP contribution in [0.4, 0.5) is 5.69 Å². The van der Waals surface area contributed by atoms with Gasteiger partial charge in [0, 0.05) is 17.5 Å². The molecule has 1 rings (SSSR count). The maximum absolute atomic E-state index is 12.0. The van der Waals surface area contributed by atoms with Crippen molar-refractivity contribution in [3.63, 3.8) is 0 Å². The van der Waals surface area contributed by atoms with Gasteiger partial charge in [0.25, 0.3) is 5.69 Å². The molecule has 0 spiro atoms. The Hall–Kier alpha value is -2.48. The van der Waals surface area contributed by atoms with E-state index in [1.807, 2.05) is 6.07 Å². The van der Waals surface area contributed by atoms with E-state index in [0.29, 0.717) is 5.56 Å². The number of nitriles is 1. The molecule has 98 valence electrons. The van der Waals surface area contributed by atoms with Crippen molar-refractivity contribution < 1.29 is 9.72 Å². The fraction of sp³-hybridized carbons (Fsp3) is 0.286. The van der Waals surface area contributed by atoms with E-state index in [1.165, 1.54) is 30.3 Å². The Morgan fingerprint density at radius 3 is 2.21 bits per heavy atom. The summed E-state index contributed by atoms with van der Waals surface area (Å²) in [5.74, 6) is -0.256. The number of hydrogen-bond acceptors (Lipinski definition) is 4. The zero-order valence-electron chi connectivity index (χ0n) is 11.0. The average molecular weight is 258 g/mol. The van der Waals surface area contributed by atoms with Gasteiger partial charge in [0.15, 0.2) is 5.78 Å². The first kappa shape index (κ1) is 14.6. The maximum Gasteiger partial charge on any atom is 0.269 e. The molecular formula is C14H14N2O3. The van der Waals surface area contributed by atoms with Crippen LogP contribution in [0.1, 0.15) is 26.3 Å². The van der Waals surface area contributed by atoms with Crippen LogP contribution in [0.5, 0.6) is 0 Å². The van der Waals surface area contributed by atoms with Crippen molar-refractivity contribution in [2.24, 2.45) is 5.41 Å². The third-order valence-electron chi connectivity index (χ3n) is 2.46. The Balaban J connectivity index is 3.10. The van der Waals surface area contributed by atoms with Gasteiger partial charge in [-0.2, -0.15) is 5.26 Å². The number of carbonyl (C=O) groups excluding carboxylic acids is 1. The van der Waals surface area contributed by atoms with Crippen LogP contribution in [0.15, 0.2) is 29.8 Å². The number of ketones is 1. The van der Waals surface area contributed by atoms with Gasteiger partial charge in [-0.05, 0) is 23.8 Å².